The van der Waals surface area contributed by atoms with Crippen LogP contribution in [0.5, 0.6) is 0 Å². The first kappa shape index (κ1) is 14.0. The molecule has 4 rings (SSSR count). The number of nitrogens with zero attached hydrogens (tertiary/aromatic N) is 2. The van der Waals surface area contributed by atoms with Gasteiger partial charge in [-0.05, 0) is 17.5 Å². The highest BCUT2D eigenvalue weighted by atomic mass is 32.1. The van der Waals surface area contributed by atoms with Crippen LogP contribution in [0.2, 0.25) is 0 Å². The average Bonchev–Trinajstić information content (AvgIpc) is 3.22. The van der Waals surface area contributed by atoms with E-state index in [4.69, 9.17) is 0 Å². The third kappa shape index (κ3) is 2.42. The normalized spacial score (nSPS) is 11.0. The number of aromatic nitrogens is 2. The van der Waals surface area contributed by atoms with Crippen molar-refractivity contribution in [2.24, 2.45) is 0 Å². The largest absolute Gasteiger partial charge is 0.477 e. The Hall–Kier alpha value is -2.57. The Morgan fingerprint density at radius 2 is 1.91 bits per heavy atom. The molecule has 1 N–H and O–H groups in total. The zero-order valence-electron chi connectivity index (χ0n) is 11.8. The molecular formula is C17H10N2O2S2. The number of carboxylic acid groups (broad SMARTS) is 1. The maximum Gasteiger partial charge on any atom is 0.348 e. The second kappa shape index (κ2) is 5.57. The number of benzene rings is 1. The maximum atomic E-state index is 11.6. The fourth-order valence-electron chi connectivity index (χ4n) is 2.41. The van der Waals surface area contributed by atoms with E-state index in [9.17, 15) is 9.90 Å². The highest BCUT2D eigenvalue weighted by Gasteiger charge is 2.20. The predicted molar refractivity (Wildman–Crippen MR) is 93.1 cm³/mol. The van der Waals surface area contributed by atoms with Crippen LogP contribution in [0.25, 0.3) is 32.0 Å². The zero-order valence-corrected chi connectivity index (χ0v) is 13.4. The Labute approximate surface area is 139 Å². The number of carbonyl (C=O) groups is 1. The van der Waals surface area contributed by atoms with Crippen molar-refractivity contribution in [2.75, 3.05) is 0 Å². The van der Waals surface area contributed by atoms with Crippen molar-refractivity contribution in [3.63, 3.8) is 0 Å². The fourth-order valence-corrected chi connectivity index (χ4v) is 4.30. The maximum absolute atomic E-state index is 11.6. The van der Waals surface area contributed by atoms with Crippen LogP contribution in [0.3, 0.4) is 0 Å². The first-order valence-electron chi connectivity index (χ1n) is 6.86. The molecule has 4 nitrogen and oxygen atoms in total. The fraction of sp³-hybridized carbons (Fsp3) is 0. The van der Waals surface area contributed by atoms with Gasteiger partial charge in [-0.2, -0.15) is 0 Å². The van der Waals surface area contributed by atoms with Crippen molar-refractivity contribution in [3.8, 4) is 21.8 Å². The number of thiophene rings is 1. The molecule has 23 heavy (non-hydrogen) atoms. The van der Waals surface area contributed by atoms with Crippen LogP contribution in [0.1, 0.15) is 9.67 Å². The molecule has 0 amide bonds. The number of carboxylic acids is 1. The second-order valence-electron chi connectivity index (χ2n) is 4.86. The van der Waals surface area contributed by atoms with Gasteiger partial charge in [0, 0.05) is 17.3 Å². The first-order chi connectivity index (χ1) is 11.2. The van der Waals surface area contributed by atoms with Crippen molar-refractivity contribution < 1.29 is 9.90 Å². The zero-order chi connectivity index (χ0) is 15.8. The van der Waals surface area contributed by atoms with Gasteiger partial charge < -0.3 is 5.11 Å². The third-order valence-electron chi connectivity index (χ3n) is 3.44. The van der Waals surface area contributed by atoms with Crippen molar-refractivity contribution >= 4 is 38.9 Å². The van der Waals surface area contributed by atoms with E-state index >= 15 is 0 Å². The predicted octanol–water partition coefficient (Wildman–Crippen LogP) is 4.79. The summed E-state index contributed by atoms with van der Waals surface area (Å²) in [5.41, 5.74) is 3.16. The van der Waals surface area contributed by atoms with Gasteiger partial charge in [-0.15, -0.1) is 22.7 Å². The van der Waals surface area contributed by atoms with E-state index in [0.29, 0.717) is 10.7 Å². The number of pyridine rings is 1. The lowest BCUT2D eigenvalue weighted by Crippen LogP contribution is -1.95. The summed E-state index contributed by atoms with van der Waals surface area (Å²) < 4.78 is 1.03. The Bertz CT molecular complexity index is 1010. The summed E-state index contributed by atoms with van der Waals surface area (Å²) in [6.07, 6.45) is 1.73. The summed E-state index contributed by atoms with van der Waals surface area (Å²) in [6, 6.07) is 13.2. The molecule has 0 bridgehead atoms. The van der Waals surface area contributed by atoms with Crippen LogP contribution in [0.15, 0.2) is 54.0 Å². The average molecular weight is 338 g/mol. The van der Waals surface area contributed by atoms with Gasteiger partial charge in [0.05, 0.1) is 15.9 Å². The van der Waals surface area contributed by atoms with Gasteiger partial charge in [-0.3, -0.25) is 4.98 Å². The molecule has 0 unspecified atom stereocenters. The van der Waals surface area contributed by atoms with Gasteiger partial charge in [0.15, 0.2) is 0 Å². The van der Waals surface area contributed by atoms with Gasteiger partial charge in [-0.25, -0.2) is 9.78 Å². The number of fused-ring (bicyclic) bond motifs is 1. The van der Waals surface area contributed by atoms with Crippen molar-refractivity contribution in [1.29, 1.82) is 0 Å². The van der Waals surface area contributed by atoms with Gasteiger partial charge in [0.25, 0.3) is 0 Å². The Morgan fingerprint density at radius 1 is 1.09 bits per heavy atom. The summed E-state index contributed by atoms with van der Waals surface area (Å²) in [5.74, 6) is -0.955. The molecular weight excluding hydrogens is 328 g/mol. The Balaban J connectivity index is 1.94. The molecule has 6 heteroatoms. The van der Waals surface area contributed by atoms with Crippen molar-refractivity contribution in [1.82, 2.24) is 9.97 Å². The lowest BCUT2D eigenvalue weighted by Gasteiger charge is -1.98. The van der Waals surface area contributed by atoms with E-state index in [1.54, 1.807) is 17.5 Å². The number of aromatic carboxylic acids is 1. The van der Waals surface area contributed by atoms with E-state index in [0.717, 1.165) is 21.3 Å². The molecule has 0 spiro atoms. The van der Waals surface area contributed by atoms with E-state index in [1.807, 2.05) is 47.8 Å². The standard InChI is InChI=1S/C17H10N2O2S2/c20-17(21)15-13(10-4-2-1-3-5-10)19-16(23-15)11-6-8-18-12-7-9-22-14(11)12/h1-9H,(H,20,21). The summed E-state index contributed by atoms with van der Waals surface area (Å²) in [5, 5.41) is 12.2. The molecule has 0 radical (unpaired) electrons. The molecule has 0 aliphatic heterocycles. The minimum absolute atomic E-state index is 0.257. The molecule has 0 fully saturated rings. The van der Waals surface area contributed by atoms with E-state index in [1.165, 1.54) is 11.3 Å². The minimum Gasteiger partial charge on any atom is -0.477 e. The summed E-state index contributed by atoms with van der Waals surface area (Å²) in [4.78, 5) is 20.8. The molecule has 4 aromatic rings. The van der Waals surface area contributed by atoms with E-state index < -0.39 is 5.97 Å². The number of rotatable bonds is 3. The van der Waals surface area contributed by atoms with Gasteiger partial charge in [0.1, 0.15) is 9.88 Å². The monoisotopic (exact) mass is 338 g/mol. The molecule has 0 saturated heterocycles. The lowest BCUT2D eigenvalue weighted by atomic mass is 10.1. The molecule has 1 aromatic carbocycles. The number of thiazole rings is 1. The van der Waals surface area contributed by atoms with Crippen LogP contribution in [-0.2, 0) is 0 Å². The number of hydrogen-bond acceptors (Lipinski definition) is 5. The summed E-state index contributed by atoms with van der Waals surface area (Å²) in [6.45, 7) is 0. The molecule has 3 aromatic heterocycles. The molecule has 3 heterocycles. The molecule has 112 valence electrons. The molecule has 0 aliphatic rings. The van der Waals surface area contributed by atoms with Crippen LogP contribution in [-0.4, -0.2) is 21.0 Å². The van der Waals surface area contributed by atoms with Crippen LogP contribution < -0.4 is 0 Å². The highest BCUT2D eigenvalue weighted by molar-refractivity contribution is 7.20. The Morgan fingerprint density at radius 3 is 2.70 bits per heavy atom. The van der Waals surface area contributed by atoms with Crippen LogP contribution in [0.4, 0.5) is 0 Å². The SMILES string of the molecule is O=C(O)c1sc(-c2ccnc3ccsc23)nc1-c1ccccc1. The molecule has 0 aliphatic carbocycles. The topological polar surface area (TPSA) is 63.1 Å². The first-order valence-corrected chi connectivity index (χ1v) is 8.56. The van der Waals surface area contributed by atoms with Crippen molar-refractivity contribution in [2.45, 2.75) is 0 Å². The third-order valence-corrected chi connectivity index (χ3v) is 5.46. The minimum atomic E-state index is -0.955. The Kier molecular flexibility index (Phi) is 3.40. The summed E-state index contributed by atoms with van der Waals surface area (Å²) in [7, 11) is 0. The number of hydrogen-bond donors (Lipinski definition) is 1. The molecule has 0 atom stereocenters. The smallest absolute Gasteiger partial charge is 0.348 e. The van der Waals surface area contributed by atoms with Gasteiger partial charge in [-0.1, -0.05) is 30.3 Å². The van der Waals surface area contributed by atoms with Crippen LogP contribution >= 0.6 is 22.7 Å². The van der Waals surface area contributed by atoms with Crippen molar-refractivity contribution in [3.05, 3.63) is 58.9 Å². The quantitative estimate of drug-likeness (QED) is 0.583. The summed E-state index contributed by atoms with van der Waals surface area (Å²) >= 11 is 2.79. The van der Waals surface area contributed by atoms with Crippen LogP contribution in [0, 0.1) is 0 Å². The van der Waals surface area contributed by atoms with Gasteiger partial charge in [0.2, 0.25) is 0 Å². The second-order valence-corrected chi connectivity index (χ2v) is 6.78. The van der Waals surface area contributed by atoms with E-state index in [-0.39, 0.29) is 4.88 Å². The van der Waals surface area contributed by atoms with Gasteiger partial charge >= 0.3 is 5.97 Å². The van der Waals surface area contributed by atoms with E-state index in [2.05, 4.69) is 9.97 Å². The lowest BCUT2D eigenvalue weighted by molar-refractivity contribution is 0.0702. The molecule has 0 saturated carbocycles. The highest BCUT2D eigenvalue weighted by Crippen LogP contribution is 2.37.